The van der Waals surface area contributed by atoms with Crippen molar-refractivity contribution in [3.05, 3.63) is 44.4 Å². The Balaban J connectivity index is 2.29. The number of pyridine rings is 1. The first-order valence-corrected chi connectivity index (χ1v) is 7.92. The molecule has 7 heteroatoms. The average Bonchev–Trinajstić information content (AvgIpc) is 2.71. The maximum absolute atomic E-state index is 5.70. The van der Waals surface area contributed by atoms with Crippen LogP contribution in [0.2, 0.25) is 0 Å². The van der Waals surface area contributed by atoms with E-state index in [1.54, 1.807) is 6.20 Å². The van der Waals surface area contributed by atoms with Crippen molar-refractivity contribution in [3.8, 4) is 0 Å². The van der Waals surface area contributed by atoms with Gasteiger partial charge >= 0.3 is 0 Å². The Labute approximate surface area is 135 Å². The molecule has 0 amide bonds. The summed E-state index contributed by atoms with van der Waals surface area (Å²) in [4.78, 5) is 4.18. The number of aryl methyl sites for hydroxylation is 2. The van der Waals surface area contributed by atoms with E-state index in [1.807, 2.05) is 24.0 Å². The first kappa shape index (κ1) is 15.6. The highest BCUT2D eigenvalue weighted by Crippen LogP contribution is 2.27. The third kappa shape index (κ3) is 3.28. The van der Waals surface area contributed by atoms with E-state index >= 15 is 0 Å². The van der Waals surface area contributed by atoms with Gasteiger partial charge in [0.2, 0.25) is 0 Å². The third-order valence-corrected chi connectivity index (χ3v) is 4.58. The minimum Gasteiger partial charge on any atom is -0.271 e. The summed E-state index contributed by atoms with van der Waals surface area (Å²) < 4.78 is 3.90. The molecule has 0 aliphatic rings. The fourth-order valence-electron chi connectivity index (χ4n) is 2.13. The summed E-state index contributed by atoms with van der Waals surface area (Å²) in [6.07, 6.45) is 5.21. The molecule has 2 aromatic heterocycles. The summed E-state index contributed by atoms with van der Waals surface area (Å²) in [6.45, 7) is 2.09. The van der Waals surface area contributed by atoms with E-state index in [2.05, 4.69) is 54.3 Å². The average molecular weight is 403 g/mol. The molecule has 0 spiro atoms. The summed E-state index contributed by atoms with van der Waals surface area (Å²) in [5.41, 5.74) is 6.06. The number of halogens is 2. The lowest BCUT2D eigenvalue weighted by Gasteiger charge is -2.16. The van der Waals surface area contributed by atoms with Crippen LogP contribution in [0.5, 0.6) is 0 Å². The third-order valence-electron chi connectivity index (χ3n) is 3.23. The topological polar surface area (TPSA) is 68.8 Å². The predicted octanol–water partition coefficient (Wildman–Crippen LogP) is 2.65. The van der Waals surface area contributed by atoms with Crippen LogP contribution in [0.3, 0.4) is 0 Å². The van der Waals surface area contributed by atoms with E-state index in [9.17, 15) is 0 Å². The zero-order chi connectivity index (χ0) is 14.7. The summed E-state index contributed by atoms with van der Waals surface area (Å²) >= 11 is 7.06. The zero-order valence-electron chi connectivity index (χ0n) is 11.4. The summed E-state index contributed by atoms with van der Waals surface area (Å²) in [6, 6.07) is 2.00. The first-order valence-electron chi connectivity index (χ1n) is 6.33. The molecular weight excluding hydrogens is 386 g/mol. The number of nitrogens with two attached hydrogens (primary N) is 1. The largest absolute Gasteiger partial charge is 0.271 e. The highest BCUT2D eigenvalue weighted by atomic mass is 79.9. The molecule has 108 valence electrons. The van der Waals surface area contributed by atoms with Crippen LogP contribution in [-0.4, -0.2) is 14.8 Å². The predicted molar refractivity (Wildman–Crippen MR) is 86.0 cm³/mol. The van der Waals surface area contributed by atoms with E-state index in [1.165, 1.54) is 0 Å². The second-order valence-corrected chi connectivity index (χ2v) is 6.25. The molecule has 0 bridgehead atoms. The molecule has 20 heavy (non-hydrogen) atoms. The number of hydrazine groups is 1. The summed E-state index contributed by atoms with van der Waals surface area (Å²) in [7, 11) is 1.95. The molecule has 0 saturated carbocycles. The zero-order valence-corrected chi connectivity index (χ0v) is 14.6. The van der Waals surface area contributed by atoms with Gasteiger partial charge in [0.25, 0.3) is 0 Å². The highest BCUT2D eigenvalue weighted by molar-refractivity contribution is 9.10. The number of nitrogens with zero attached hydrogens (tertiary/aromatic N) is 3. The molecule has 0 fully saturated rings. The van der Waals surface area contributed by atoms with Crippen LogP contribution in [0.15, 0.2) is 27.4 Å². The van der Waals surface area contributed by atoms with E-state index in [4.69, 9.17) is 5.84 Å². The monoisotopic (exact) mass is 401 g/mol. The minimum atomic E-state index is -0.0172. The lowest BCUT2D eigenvalue weighted by molar-refractivity contribution is 0.527. The molecule has 0 aromatic carbocycles. The molecule has 0 saturated heterocycles. The first-order chi connectivity index (χ1) is 9.56. The van der Waals surface area contributed by atoms with Crippen LogP contribution < -0.4 is 11.3 Å². The lowest BCUT2D eigenvalue weighted by atomic mass is 10.0. The molecular formula is C13H17Br2N5. The molecule has 2 heterocycles. The van der Waals surface area contributed by atoms with Crippen LogP contribution >= 0.6 is 31.9 Å². The van der Waals surface area contributed by atoms with Gasteiger partial charge in [-0.15, -0.1) is 0 Å². The van der Waals surface area contributed by atoms with Crippen LogP contribution in [0.1, 0.15) is 29.9 Å². The van der Waals surface area contributed by atoms with Crippen molar-refractivity contribution in [1.29, 1.82) is 0 Å². The van der Waals surface area contributed by atoms with Gasteiger partial charge in [-0.2, -0.15) is 5.10 Å². The molecule has 3 N–H and O–H groups in total. The van der Waals surface area contributed by atoms with Crippen molar-refractivity contribution in [2.75, 3.05) is 0 Å². The second-order valence-electron chi connectivity index (χ2n) is 4.54. The van der Waals surface area contributed by atoms with Gasteiger partial charge in [-0.05, 0) is 49.9 Å². The molecule has 1 atom stereocenters. The fraction of sp³-hybridized carbons (Fsp3) is 0.385. The van der Waals surface area contributed by atoms with Crippen molar-refractivity contribution in [1.82, 2.24) is 20.2 Å². The molecule has 0 aliphatic carbocycles. The molecule has 5 nitrogen and oxygen atoms in total. The van der Waals surface area contributed by atoms with Crippen LogP contribution in [0.4, 0.5) is 0 Å². The molecule has 0 radical (unpaired) electrons. The van der Waals surface area contributed by atoms with Crippen molar-refractivity contribution < 1.29 is 0 Å². The van der Waals surface area contributed by atoms with Gasteiger partial charge < -0.3 is 0 Å². The van der Waals surface area contributed by atoms with E-state index in [0.717, 1.165) is 38.7 Å². The van der Waals surface area contributed by atoms with E-state index in [0.29, 0.717) is 0 Å². The number of hydrogen-bond acceptors (Lipinski definition) is 4. The van der Waals surface area contributed by atoms with Gasteiger partial charge in [0.1, 0.15) is 0 Å². The number of rotatable bonds is 5. The Morgan fingerprint density at radius 3 is 2.70 bits per heavy atom. The Morgan fingerprint density at radius 2 is 2.15 bits per heavy atom. The van der Waals surface area contributed by atoms with E-state index < -0.39 is 0 Å². The van der Waals surface area contributed by atoms with Gasteiger partial charge in [0.15, 0.2) is 0 Å². The van der Waals surface area contributed by atoms with Crippen molar-refractivity contribution >= 4 is 31.9 Å². The van der Waals surface area contributed by atoms with E-state index in [-0.39, 0.29) is 6.04 Å². The SMILES string of the molecule is CCc1nn(C)c(CC(NN)c2cncc(Br)c2)c1Br. The van der Waals surface area contributed by atoms with Crippen LogP contribution in [-0.2, 0) is 19.9 Å². The normalized spacial score (nSPS) is 12.7. The quantitative estimate of drug-likeness (QED) is 0.595. The number of aromatic nitrogens is 3. The maximum atomic E-state index is 5.70. The van der Waals surface area contributed by atoms with Gasteiger partial charge in [-0.3, -0.25) is 20.9 Å². The van der Waals surface area contributed by atoms with Crippen molar-refractivity contribution in [3.63, 3.8) is 0 Å². The Morgan fingerprint density at radius 1 is 1.40 bits per heavy atom. The highest BCUT2D eigenvalue weighted by Gasteiger charge is 2.18. The van der Waals surface area contributed by atoms with Crippen LogP contribution in [0.25, 0.3) is 0 Å². The summed E-state index contributed by atoms with van der Waals surface area (Å²) in [5.74, 6) is 5.70. The lowest BCUT2D eigenvalue weighted by Crippen LogP contribution is -2.30. The Kier molecular flexibility index (Phi) is 5.31. The van der Waals surface area contributed by atoms with Gasteiger partial charge in [0.05, 0.1) is 21.9 Å². The molecule has 2 aromatic rings. The number of hydrogen-bond donors (Lipinski definition) is 2. The second kappa shape index (κ2) is 6.80. The molecule has 1 unspecified atom stereocenters. The molecule has 2 rings (SSSR count). The number of nitrogens with one attached hydrogen (secondary N) is 1. The van der Waals surface area contributed by atoms with Crippen LogP contribution in [0, 0.1) is 0 Å². The van der Waals surface area contributed by atoms with Crippen molar-refractivity contribution in [2.24, 2.45) is 12.9 Å². The van der Waals surface area contributed by atoms with Crippen molar-refractivity contribution in [2.45, 2.75) is 25.8 Å². The van der Waals surface area contributed by atoms with Gasteiger partial charge in [-0.25, -0.2) is 0 Å². The summed E-state index contributed by atoms with van der Waals surface area (Å²) in [5, 5.41) is 4.50. The minimum absolute atomic E-state index is 0.0172. The van der Waals surface area contributed by atoms with Gasteiger partial charge in [0, 0.05) is 30.3 Å². The smallest absolute Gasteiger partial charge is 0.0766 e. The maximum Gasteiger partial charge on any atom is 0.0766 e. The molecule has 0 aliphatic heterocycles. The van der Waals surface area contributed by atoms with Gasteiger partial charge in [-0.1, -0.05) is 6.92 Å². The fourth-order valence-corrected chi connectivity index (χ4v) is 3.29. The Hall–Kier alpha value is -0.760. The standard InChI is InChI=1S/C13H17Br2N5/c1-3-10-13(15)12(20(2)19-10)5-11(18-16)8-4-9(14)7-17-6-8/h4,6-7,11,18H,3,5,16H2,1-2H3. The Bertz CT molecular complexity index is 596.